The Labute approximate surface area is 155 Å². The van der Waals surface area contributed by atoms with Gasteiger partial charge in [0.05, 0.1) is 0 Å². The van der Waals surface area contributed by atoms with Crippen molar-refractivity contribution in [3.05, 3.63) is 59.0 Å². The topological polar surface area (TPSA) is 96.9 Å². The molecule has 7 nitrogen and oxygen atoms in total. The number of nitrogens with one attached hydrogen (secondary N) is 2. The van der Waals surface area contributed by atoms with Crippen molar-refractivity contribution >= 4 is 12.0 Å². The minimum atomic E-state index is -0.828. The van der Waals surface area contributed by atoms with Gasteiger partial charge in [0.2, 0.25) is 0 Å². The Kier molecular flexibility index (Phi) is 3.34. The molecule has 1 aromatic carbocycles. The first-order chi connectivity index (χ1) is 13.0. The second-order valence-corrected chi connectivity index (χ2v) is 7.24. The van der Waals surface area contributed by atoms with Crippen LogP contribution in [0.3, 0.4) is 0 Å². The zero-order valence-electron chi connectivity index (χ0n) is 14.5. The molecule has 3 atom stereocenters. The maximum absolute atomic E-state index is 11.6. The van der Waals surface area contributed by atoms with Crippen LogP contribution in [0.1, 0.15) is 24.3 Å². The van der Waals surface area contributed by atoms with E-state index in [0.717, 1.165) is 28.2 Å². The van der Waals surface area contributed by atoms with Gasteiger partial charge in [0.1, 0.15) is 29.3 Å². The molecule has 1 unspecified atom stereocenters. The molecule has 7 heteroatoms. The van der Waals surface area contributed by atoms with E-state index >= 15 is 0 Å². The number of carboxylic acid groups (broad SMARTS) is 1. The molecule has 0 spiro atoms. The molecule has 1 aromatic rings. The van der Waals surface area contributed by atoms with Crippen LogP contribution in [0.4, 0.5) is 4.79 Å². The van der Waals surface area contributed by atoms with E-state index < -0.39 is 11.9 Å². The minimum Gasteiger partial charge on any atom is -0.489 e. The Morgan fingerprint density at radius 1 is 1.37 bits per heavy atom. The summed E-state index contributed by atoms with van der Waals surface area (Å²) in [5.41, 5.74) is 3.59. The number of ether oxygens (including phenoxy) is 2. The second kappa shape index (κ2) is 5.64. The molecule has 0 saturated heterocycles. The summed E-state index contributed by atoms with van der Waals surface area (Å²) in [6.07, 6.45) is 2.97. The third kappa shape index (κ3) is 2.58. The van der Waals surface area contributed by atoms with E-state index in [1.165, 1.54) is 0 Å². The number of allylic oxidation sites excluding steroid dienone is 2. The molecule has 1 fully saturated rings. The minimum absolute atomic E-state index is 0.102. The molecule has 27 heavy (non-hydrogen) atoms. The summed E-state index contributed by atoms with van der Waals surface area (Å²) in [4.78, 5) is 22.9. The summed E-state index contributed by atoms with van der Waals surface area (Å²) >= 11 is 0. The van der Waals surface area contributed by atoms with Crippen LogP contribution in [-0.2, 0) is 4.79 Å². The number of urea groups is 1. The van der Waals surface area contributed by atoms with Gasteiger partial charge in [-0.1, -0.05) is 12.2 Å². The zero-order valence-corrected chi connectivity index (χ0v) is 14.5. The van der Waals surface area contributed by atoms with Crippen molar-refractivity contribution in [2.75, 3.05) is 6.54 Å². The Morgan fingerprint density at radius 2 is 2.22 bits per heavy atom. The summed E-state index contributed by atoms with van der Waals surface area (Å²) in [5, 5.41) is 14.9. The molecular weight excluding hydrogens is 348 g/mol. The molecule has 0 bridgehead atoms. The lowest BCUT2D eigenvalue weighted by Gasteiger charge is -2.23. The number of carboxylic acids is 1. The summed E-state index contributed by atoms with van der Waals surface area (Å²) in [6.45, 7) is 4.43. The molecule has 3 N–H and O–H groups in total. The highest BCUT2D eigenvalue weighted by Gasteiger charge is 2.63. The van der Waals surface area contributed by atoms with Gasteiger partial charge in [0.25, 0.3) is 0 Å². The Balaban J connectivity index is 1.44. The molecule has 1 saturated carbocycles. The van der Waals surface area contributed by atoms with Crippen LogP contribution in [0.2, 0.25) is 0 Å². The van der Waals surface area contributed by atoms with Crippen molar-refractivity contribution in [3.8, 4) is 11.5 Å². The van der Waals surface area contributed by atoms with Gasteiger partial charge >= 0.3 is 12.0 Å². The van der Waals surface area contributed by atoms with Gasteiger partial charge in [-0.25, -0.2) is 4.79 Å². The first kappa shape index (κ1) is 16.0. The number of aliphatic carboxylic acids is 1. The van der Waals surface area contributed by atoms with Crippen LogP contribution in [-0.4, -0.2) is 29.8 Å². The number of rotatable bonds is 3. The third-order valence-electron chi connectivity index (χ3n) is 5.43. The lowest BCUT2D eigenvalue weighted by molar-refractivity contribution is -0.139. The molecule has 2 amide bonds. The fraction of sp³-hybridized carbons (Fsp3) is 0.300. The van der Waals surface area contributed by atoms with E-state index in [4.69, 9.17) is 9.47 Å². The number of fused-ring (bicyclic) bond motifs is 3. The fourth-order valence-corrected chi connectivity index (χ4v) is 4.03. The normalized spacial score (nSPS) is 27.9. The zero-order chi connectivity index (χ0) is 18.7. The van der Waals surface area contributed by atoms with Crippen LogP contribution in [0, 0.1) is 5.92 Å². The smallest absolute Gasteiger partial charge is 0.319 e. The van der Waals surface area contributed by atoms with Crippen LogP contribution in [0.5, 0.6) is 11.5 Å². The molecule has 5 rings (SSSR count). The second-order valence-electron chi connectivity index (χ2n) is 7.24. The average Bonchev–Trinajstić information content (AvgIpc) is 3.26. The van der Waals surface area contributed by atoms with Crippen LogP contribution in [0.15, 0.2) is 53.5 Å². The number of hydrogen-bond acceptors (Lipinski definition) is 4. The summed E-state index contributed by atoms with van der Waals surface area (Å²) < 4.78 is 11.8. The average molecular weight is 366 g/mol. The van der Waals surface area contributed by atoms with Crippen LogP contribution in [0.25, 0.3) is 0 Å². The van der Waals surface area contributed by atoms with E-state index in [0.29, 0.717) is 30.9 Å². The first-order valence-corrected chi connectivity index (χ1v) is 8.86. The first-order valence-electron chi connectivity index (χ1n) is 8.86. The van der Waals surface area contributed by atoms with E-state index in [9.17, 15) is 14.7 Å². The van der Waals surface area contributed by atoms with Gasteiger partial charge in [0.15, 0.2) is 0 Å². The molecule has 0 aromatic heterocycles. The van der Waals surface area contributed by atoms with E-state index in [1.54, 1.807) is 0 Å². The van der Waals surface area contributed by atoms with E-state index in [1.807, 2.05) is 24.3 Å². The van der Waals surface area contributed by atoms with Gasteiger partial charge in [-0.3, -0.25) is 4.79 Å². The SMILES string of the molecule is C=C1CC=C(Oc2ccc3c(c2)[C@H]2C(C(=O)O)[C@H]2O3)C2=C(C1)NC(=O)NC2. The van der Waals surface area contributed by atoms with Gasteiger partial charge in [-0.2, -0.15) is 0 Å². The molecule has 2 aliphatic carbocycles. The molecule has 2 heterocycles. The third-order valence-corrected chi connectivity index (χ3v) is 5.43. The Bertz CT molecular complexity index is 961. The van der Waals surface area contributed by atoms with Crippen molar-refractivity contribution < 1.29 is 24.2 Å². The van der Waals surface area contributed by atoms with Gasteiger partial charge in [-0.15, -0.1) is 0 Å². The molecule has 4 aliphatic rings. The Morgan fingerprint density at radius 3 is 3.04 bits per heavy atom. The predicted molar refractivity (Wildman–Crippen MR) is 95.4 cm³/mol. The van der Waals surface area contributed by atoms with Crippen molar-refractivity contribution in [1.82, 2.24) is 10.6 Å². The van der Waals surface area contributed by atoms with Crippen molar-refractivity contribution in [1.29, 1.82) is 0 Å². The quantitative estimate of drug-likeness (QED) is 0.714. The number of carbonyl (C=O) groups is 2. The van der Waals surface area contributed by atoms with Gasteiger partial charge in [-0.05, 0) is 30.7 Å². The molecular formula is C20H18N2O5. The maximum Gasteiger partial charge on any atom is 0.319 e. The largest absolute Gasteiger partial charge is 0.489 e. The van der Waals surface area contributed by atoms with Gasteiger partial charge in [0, 0.05) is 35.7 Å². The standard InChI is InChI=1S/C20H18N2O5/c1-9-2-4-15(12-8-21-20(25)22-13(12)6-9)26-10-3-5-14-11(7-10)16-17(19(23)24)18(16)27-14/h3-5,7,16-18H,1-2,6,8H2,(H,23,24)(H2,21,22,25)/t16-,17?,18-/m0/s1. The van der Waals surface area contributed by atoms with E-state index in [-0.39, 0.29) is 18.1 Å². The summed E-state index contributed by atoms with van der Waals surface area (Å²) in [7, 11) is 0. The van der Waals surface area contributed by atoms with Crippen LogP contribution < -0.4 is 20.1 Å². The number of hydrogen-bond donors (Lipinski definition) is 3. The number of benzene rings is 1. The Hall–Kier alpha value is -3.22. The van der Waals surface area contributed by atoms with Gasteiger partial charge < -0.3 is 25.2 Å². The van der Waals surface area contributed by atoms with Crippen molar-refractivity contribution in [3.63, 3.8) is 0 Å². The van der Waals surface area contributed by atoms with Crippen LogP contribution >= 0.6 is 0 Å². The number of amides is 2. The highest BCUT2D eigenvalue weighted by atomic mass is 16.5. The fourth-order valence-electron chi connectivity index (χ4n) is 4.03. The predicted octanol–water partition coefficient (Wildman–Crippen LogP) is 2.43. The van der Waals surface area contributed by atoms with E-state index in [2.05, 4.69) is 17.2 Å². The lowest BCUT2D eigenvalue weighted by atomic mass is 10.1. The maximum atomic E-state index is 11.6. The molecule has 2 aliphatic heterocycles. The summed E-state index contributed by atoms with van der Waals surface area (Å²) in [5.74, 6) is 0.624. The molecule has 138 valence electrons. The summed E-state index contributed by atoms with van der Waals surface area (Å²) in [6, 6.07) is 5.27. The monoisotopic (exact) mass is 366 g/mol. The highest BCUT2D eigenvalue weighted by Crippen LogP contribution is 2.59. The van der Waals surface area contributed by atoms with Crippen molar-refractivity contribution in [2.24, 2.45) is 5.92 Å². The van der Waals surface area contributed by atoms with Crippen molar-refractivity contribution in [2.45, 2.75) is 24.9 Å². The number of carbonyl (C=O) groups excluding carboxylic acids is 1. The lowest BCUT2D eigenvalue weighted by Crippen LogP contribution is -2.42. The molecule has 0 radical (unpaired) electrons. The highest BCUT2D eigenvalue weighted by molar-refractivity contribution is 5.79.